The standard InChI is InChI=1S/C14H21ClFN/c1-4-17-9-8-14(2,3)10-11-12(15)6-5-7-13(11)16/h5-7,17H,4,8-10H2,1-3H3. The highest BCUT2D eigenvalue weighted by molar-refractivity contribution is 6.31. The lowest BCUT2D eigenvalue weighted by atomic mass is 9.82. The van der Waals surface area contributed by atoms with Crippen LogP contribution in [0.1, 0.15) is 32.8 Å². The summed E-state index contributed by atoms with van der Waals surface area (Å²) in [6.45, 7) is 8.30. The molecule has 0 saturated heterocycles. The van der Waals surface area contributed by atoms with Crippen LogP contribution in [0.25, 0.3) is 0 Å². The third-order valence-corrected chi connectivity index (χ3v) is 3.30. The Hall–Kier alpha value is -0.600. The van der Waals surface area contributed by atoms with Crippen LogP contribution >= 0.6 is 11.6 Å². The minimum atomic E-state index is -0.200. The molecule has 0 bridgehead atoms. The zero-order chi connectivity index (χ0) is 12.9. The fourth-order valence-corrected chi connectivity index (χ4v) is 2.10. The molecule has 3 heteroatoms. The molecule has 0 aliphatic rings. The molecule has 0 heterocycles. The quantitative estimate of drug-likeness (QED) is 0.759. The lowest BCUT2D eigenvalue weighted by Gasteiger charge is -2.25. The molecule has 0 atom stereocenters. The maximum Gasteiger partial charge on any atom is 0.127 e. The Labute approximate surface area is 108 Å². The summed E-state index contributed by atoms with van der Waals surface area (Å²) >= 11 is 6.04. The second kappa shape index (κ2) is 6.36. The van der Waals surface area contributed by atoms with Gasteiger partial charge in [-0.3, -0.25) is 0 Å². The highest BCUT2D eigenvalue weighted by Crippen LogP contribution is 2.30. The number of nitrogens with one attached hydrogen (secondary N) is 1. The minimum absolute atomic E-state index is 0.0496. The first-order chi connectivity index (χ1) is 7.96. The Morgan fingerprint density at radius 2 is 2.06 bits per heavy atom. The van der Waals surface area contributed by atoms with E-state index in [0.29, 0.717) is 17.0 Å². The highest BCUT2D eigenvalue weighted by Gasteiger charge is 2.21. The summed E-state index contributed by atoms with van der Waals surface area (Å²) in [5.74, 6) is -0.200. The number of rotatable bonds is 6. The molecule has 0 aromatic heterocycles. The van der Waals surface area contributed by atoms with Gasteiger partial charge in [0.15, 0.2) is 0 Å². The summed E-state index contributed by atoms with van der Waals surface area (Å²) in [6.07, 6.45) is 1.68. The van der Waals surface area contributed by atoms with E-state index in [4.69, 9.17) is 11.6 Å². The largest absolute Gasteiger partial charge is 0.317 e. The second-order valence-corrected chi connectivity index (χ2v) is 5.55. The lowest BCUT2D eigenvalue weighted by molar-refractivity contribution is 0.322. The monoisotopic (exact) mass is 257 g/mol. The molecule has 0 spiro atoms. The van der Waals surface area contributed by atoms with Crippen molar-refractivity contribution in [3.05, 3.63) is 34.6 Å². The average Bonchev–Trinajstić information content (AvgIpc) is 2.24. The summed E-state index contributed by atoms with van der Waals surface area (Å²) in [6, 6.07) is 4.87. The van der Waals surface area contributed by atoms with Gasteiger partial charge in [-0.1, -0.05) is 38.4 Å². The van der Waals surface area contributed by atoms with E-state index in [-0.39, 0.29) is 11.2 Å². The Morgan fingerprint density at radius 1 is 1.35 bits per heavy atom. The van der Waals surface area contributed by atoms with Crippen molar-refractivity contribution in [3.8, 4) is 0 Å². The van der Waals surface area contributed by atoms with Crippen molar-refractivity contribution in [2.45, 2.75) is 33.6 Å². The third kappa shape index (κ3) is 4.64. The van der Waals surface area contributed by atoms with Crippen molar-refractivity contribution >= 4 is 11.6 Å². The zero-order valence-electron chi connectivity index (χ0n) is 10.8. The fourth-order valence-electron chi connectivity index (χ4n) is 1.87. The topological polar surface area (TPSA) is 12.0 Å². The van der Waals surface area contributed by atoms with Crippen LogP contribution in [0.15, 0.2) is 18.2 Å². The van der Waals surface area contributed by atoms with Gasteiger partial charge in [0.2, 0.25) is 0 Å². The molecule has 1 aromatic rings. The molecule has 96 valence electrons. The molecular formula is C14H21ClFN. The number of hydrogen-bond acceptors (Lipinski definition) is 1. The van der Waals surface area contributed by atoms with Gasteiger partial charge in [-0.05, 0) is 43.5 Å². The molecule has 1 aromatic carbocycles. The highest BCUT2D eigenvalue weighted by atomic mass is 35.5. The van der Waals surface area contributed by atoms with Crippen molar-refractivity contribution in [1.29, 1.82) is 0 Å². The van der Waals surface area contributed by atoms with Crippen LogP contribution in [-0.4, -0.2) is 13.1 Å². The molecule has 1 rings (SSSR count). The van der Waals surface area contributed by atoms with E-state index in [9.17, 15) is 4.39 Å². The molecular weight excluding hydrogens is 237 g/mol. The van der Waals surface area contributed by atoms with Gasteiger partial charge in [-0.15, -0.1) is 0 Å². The molecule has 17 heavy (non-hydrogen) atoms. The van der Waals surface area contributed by atoms with E-state index in [1.54, 1.807) is 12.1 Å². The van der Waals surface area contributed by atoms with E-state index < -0.39 is 0 Å². The van der Waals surface area contributed by atoms with Crippen LogP contribution in [0.4, 0.5) is 4.39 Å². The van der Waals surface area contributed by atoms with Crippen molar-refractivity contribution in [3.63, 3.8) is 0 Å². The van der Waals surface area contributed by atoms with E-state index in [1.165, 1.54) is 6.07 Å². The average molecular weight is 258 g/mol. The van der Waals surface area contributed by atoms with Crippen LogP contribution in [0.5, 0.6) is 0 Å². The smallest absolute Gasteiger partial charge is 0.127 e. The molecule has 0 fully saturated rings. The summed E-state index contributed by atoms with van der Waals surface area (Å²) in [4.78, 5) is 0. The zero-order valence-corrected chi connectivity index (χ0v) is 11.6. The fraction of sp³-hybridized carbons (Fsp3) is 0.571. The van der Waals surface area contributed by atoms with Crippen molar-refractivity contribution in [2.24, 2.45) is 5.41 Å². The van der Waals surface area contributed by atoms with Gasteiger partial charge in [0.05, 0.1) is 0 Å². The van der Waals surface area contributed by atoms with Gasteiger partial charge in [-0.25, -0.2) is 4.39 Å². The van der Waals surface area contributed by atoms with Crippen LogP contribution in [0, 0.1) is 11.2 Å². The van der Waals surface area contributed by atoms with Crippen LogP contribution < -0.4 is 5.32 Å². The molecule has 0 unspecified atom stereocenters. The summed E-state index contributed by atoms with van der Waals surface area (Å²) < 4.78 is 13.7. The summed E-state index contributed by atoms with van der Waals surface area (Å²) in [7, 11) is 0. The number of halogens is 2. The Balaban J connectivity index is 2.69. The van der Waals surface area contributed by atoms with Crippen molar-refractivity contribution < 1.29 is 4.39 Å². The molecule has 0 radical (unpaired) electrons. The van der Waals surface area contributed by atoms with Crippen molar-refractivity contribution in [2.75, 3.05) is 13.1 Å². The van der Waals surface area contributed by atoms with Crippen LogP contribution in [-0.2, 0) is 6.42 Å². The molecule has 0 amide bonds. The van der Waals surface area contributed by atoms with Crippen LogP contribution in [0.3, 0.4) is 0 Å². The van der Waals surface area contributed by atoms with Gasteiger partial charge in [0, 0.05) is 10.6 Å². The van der Waals surface area contributed by atoms with Gasteiger partial charge in [-0.2, -0.15) is 0 Å². The predicted molar refractivity (Wildman–Crippen MR) is 72.1 cm³/mol. The number of hydrogen-bond donors (Lipinski definition) is 1. The molecule has 0 aliphatic heterocycles. The van der Waals surface area contributed by atoms with Gasteiger partial charge >= 0.3 is 0 Å². The van der Waals surface area contributed by atoms with Gasteiger partial charge in [0.25, 0.3) is 0 Å². The molecule has 0 saturated carbocycles. The molecule has 1 N–H and O–H groups in total. The number of benzene rings is 1. The minimum Gasteiger partial charge on any atom is -0.317 e. The van der Waals surface area contributed by atoms with Crippen molar-refractivity contribution in [1.82, 2.24) is 5.32 Å². The first kappa shape index (κ1) is 14.5. The van der Waals surface area contributed by atoms with Gasteiger partial charge in [0.1, 0.15) is 5.82 Å². The van der Waals surface area contributed by atoms with Gasteiger partial charge < -0.3 is 5.32 Å². The molecule has 0 aliphatic carbocycles. The van der Waals surface area contributed by atoms with E-state index in [1.807, 2.05) is 0 Å². The molecule has 1 nitrogen and oxygen atoms in total. The predicted octanol–water partition coefficient (Wildman–Crippen LogP) is 4.05. The van der Waals surface area contributed by atoms with E-state index in [0.717, 1.165) is 19.5 Å². The first-order valence-corrected chi connectivity index (χ1v) is 6.47. The summed E-state index contributed by atoms with van der Waals surface area (Å²) in [5.41, 5.74) is 0.684. The maximum atomic E-state index is 13.7. The lowest BCUT2D eigenvalue weighted by Crippen LogP contribution is -2.24. The maximum absolute atomic E-state index is 13.7. The Bertz CT molecular complexity index is 343. The Morgan fingerprint density at radius 3 is 2.65 bits per heavy atom. The third-order valence-electron chi connectivity index (χ3n) is 2.95. The first-order valence-electron chi connectivity index (χ1n) is 6.10. The van der Waals surface area contributed by atoms with E-state index in [2.05, 4.69) is 26.1 Å². The summed E-state index contributed by atoms with van der Waals surface area (Å²) in [5, 5.41) is 3.82. The second-order valence-electron chi connectivity index (χ2n) is 5.14. The SMILES string of the molecule is CCNCCC(C)(C)Cc1c(F)cccc1Cl. The van der Waals surface area contributed by atoms with Crippen LogP contribution in [0.2, 0.25) is 5.02 Å². The van der Waals surface area contributed by atoms with E-state index >= 15 is 0 Å². The normalized spacial score (nSPS) is 11.8. The Kier molecular flexibility index (Phi) is 5.41.